The molecule has 2 heterocycles. The van der Waals surface area contributed by atoms with Crippen LogP contribution in [0.4, 0.5) is 0 Å². The monoisotopic (exact) mass is 281 g/mol. The Balaban J connectivity index is 1.59. The van der Waals surface area contributed by atoms with E-state index in [2.05, 4.69) is 4.98 Å². The first-order valence-electron chi connectivity index (χ1n) is 7.63. The number of fused-ring (bicyclic) bond motifs is 2. The number of carbonyl (C=O) groups excluding carboxylic acids is 1. The van der Waals surface area contributed by atoms with E-state index < -0.39 is 0 Å². The Morgan fingerprint density at radius 2 is 2.00 bits per heavy atom. The summed E-state index contributed by atoms with van der Waals surface area (Å²) in [6.45, 7) is 1.63. The van der Waals surface area contributed by atoms with Gasteiger partial charge in [-0.15, -0.1) is 0 Å². The maximum absolute atomic E-state index is 12.7. The molecule has 1 aromatic heterocycles. The fourth-order valence-corrected chi connectivity index (χ4v) is 3.82. The van der Waals surface area contributed by atoms with Gasteiger partial charge in [0.1, 0.15) is 5.69 Å². The molecule has 2 aliphatic rings. The molecule has 4 nitrogen and oxygen atoms in total. The number of nitrogens with two attached hydrogens (primary N) is 1. The summed E-state index contributed by atoms with van der Waals surface area (Å²) in [7, 11) is 0. The van der Waals surface area contributed by atoms with Crippen molar-refractivity contribution in [2.45, 2.75) is 18.9 Å². The normalized spacial score (nSPS) is 28.0. The second-order valence-electron chi connectivity index (χ2n) is 6.26. The third kappa shape index (κ3) is 2.10. The number of benzene rings is 1. The highest BCUT2D eigenvalue weighted by Crippen LogP contribution is 2.37. The fraction of sp³-hybridized carbons (Fsp3) is 0.412. The summed E-state index contributed by atoms with van der Waals surface area (Å²) in [4.78, 5) is 19.1. The standard InChI is InChI=1S/C17H19N3O/c18-14-7-5-12-9-20(10-13(12)14)17(21)16-8-6-11-3-1-2-4-15(11)19-16/h1-4,6,8,12-14H,5,7,9-10,18H2. The van der Waals surface area contributed by atoms with Gasteiger partial charge in [0.2, 0.25) is 0 Å². The van der Waals surface area contributed by atoms with Crippen molar-refractivity contribution >= 4 is 16.8 Å². The summed E-state index contributed by atoms with van der Waals surface area (Å²) < 4.78 is 0. The Kier molecular flexibility index (Phi) is 2.93. The summed E-state index contributed by atoms with van der Waals surface area (Å²) in [5.41, 5.74) is 7.56. The molecule has 1 aliphatic carbocycles. The van der Waals surface area contributed by atoms with Crippen molar-refractivity contribution in [1.29, 1.82) is 0 Å². The molecule has 1 aromatic carbocycles. The van der Waals surface area contributed by atoms with E-state index in [4.69, 9.17) is 5.73 Å². The minimum absolute atomic E-state index is 0.0438. The number of pyridine rings is 1. The van der Waals surface area contributed by atoms with E-state index in [-0.39, 0.29) is 11.9 Å². The topological polar surface area (TPSA) is 59.2 Å². The fourth-order valence-electron chi connectivity index (χ4n) is 3.82. The lowest BCUT2D eigenvalue weighted by Gasteiger charge is -2.18. The summed E-state index contributed by atoms with van der Waals surface area (Å²) in [5.74, 6) is 1.11. The number of hydrogen-bond donors (Lipinski definition) is 1. The molecule has 108 valence electrons. The van der Waals surface area contributed by atoms with Crippen molar-refractivity contribution in [1.82, 2.24) is 9.88 Å². The highest BCUT2D eigenvalue weighted by Gasteiger charge is 2.42. The van der Waals surface area contributed by atoms with Crippen LogP contribution in [0.3, 0.4) is 0 Å². The van der Waals surface area contributed by atoms with Gasteiger partial charge in [-0.05, 0) is 36.8 Å². The third-order valence-corrected chi connectivity index (χ3v) is 5.02. The van der Waals surface area contributed by atoms with E-state index in [1.807, 2.05) is 41.3 Å². The van der Waals surface area contributed by atoms with Gasteiger partial charge < -0.3 is 10.6 Å². The number of amides is 1. The maximum Gasteiger partial charge on any atom is 0.272 e. The van der Waals surface area contributed by atoms with E-state index in [1.165, 1.54) is 0 Å². The molecule has 3 atom stereocenters. The van der Waals surface area contributed by atoms with Gasteiger partial charge in [-0.3, -0.25) is 4.79 Å². The number of nitrogens with zero attached hydrogens (tertiary/aromatic N) is 2. The lowest BCUT2D eigenvalue weighted by Crippen LogP contribution is -2.33. The zero-order valence-corrected chi connectivity index (χ0v) is 11.9. The smallest absolute Gasteiger partial charge is 0.272 e. The van der Waals surface area contributed by atoms with Crippen LogP contribution < -0.4 is 5.73 Å². The zero-order valence-electron chi connectivity index (χ0n) is 11.9. The van der Waals surface area contributed by atoms with Crippen molar-refractivity contribution < 1.29 is 4.79 Å². The Labute approximate surface area is 124 Å². The predicted octanol–water partition coefficient (Wildman–Crippen LogP) is 2.04. The van der Waals surface area contributed by atoms with E-state index >= 15 is 0 Å². The van der Waals surface area contributed by atoms with Gasteiger partial charge in [-0.25, -0.2) is 4.98 Å². The quantitative estimate of drug-likeness (QED) is 0.870. The molecule has 2 fully saturated rings. The van der Waals surface area contributed by atoms with Crippen LogP contribution in [-0.4, -0.2) is 34.9 Å². The maximum atomic E-state index is 12.7. The molecule has 21 heavy (non-hydrogen) atoms. The van der Waals surface area contributed by atoms with Crippen molar-refractivity contribution in [3.8, 4) is 0 Å². The first-order chi connectivity index (χ1) is 10.2. The molecule has 1 saturated carbocycles. The average molecular weight is 281 g/mol. The van der Waals surface area contributed by atoms with E-state index in [0.717, 1.165) is 36.8 Å². The van der Waals surface area contributed by atoms with E-state index in [1.54, 1.807) is 0 Å². The van der Waals surface area contributed by atoms with Crippen LogP contribution in [0.25, 0.3) is 10.9 Å². The van der Waals surface area contributed by atoms with Gasteiger partial charge in [-0.2, -0.15) is 0 Å². The second kappa shape index (κ2) is 4.81. The Bertz CT molecular complexity index is 699. The minimum Gasteiger partial charge on any atom is -0.337 e. The zero-order chi connectivity index (χ0) is 14.4. The number of para-hydroxylation sites is 1. The lowest BCUT2D eigenvalue weighted by molar-refractivity contribution is 0.0774. The number of carbonyl (C=O) groups is 1. The molecule has 0 spiro atoms. The van der Waals surface area contributed by atoms with Crippen LogP contribution in [0.2, 0.25) is 0 Å². The van der Waals surface area contributed by atoms with Gasteiger partial charge in [0.05, 0.1) is 5.52 Å². The molecular weight excluding hydrogens is 262 g/mol. The molecule has 4 heteroatoms. The molecule has 1 amide bonds. The average Bonchev–Trinajstić information content (AvgIpc) is 3.08. The summed E-state index contributed by atoms with van der Waals surface area (Å²) in [6, 6.07) is 11.9. The third-order valence-electron chi connectivity index (χ3n) is 5.02. The van der Waals surface area contributed by atoms with Gasteiger partial charge in [-0.1, -0.05) is 24.3 Å². The minimum atomic E-state index is 0.0438. The summed E-state index contributed by atoms with van der Waals surface area (Å²) in [6.07, 6.45) is 2.26. The molecule has 2 N–H and O–H groups in total. The Hall–Kier alpha value is -1.94. The van der Waals surface area contributed by atoms with Gasteiger partial charge >= 0.3 is 0 Å². The van der Waals surface area contributed by atoms with Crippen molar-refractivity contribution in [2.75, 3.05) is 13.1 Å². The van der Waals surface area contributed by atoms with Crippen LogP contribution in [-0.2, 0) is 0 Å². The Morgan fingerprint density at radius 1 is 1.14 bits per heavy atom. The van der Waals surface area contributed by atoms with E-state index in [0.29, 0.717) is 17.5 Å². The molecule has 0 bridgehead atoms. The number of hydrogen-bond acceptors (Lipinski definition) is 3. The van der Waals surface area contributed by atoms with Crippen molar-refractivity contribution in [2.24, 2.45) is 17.6 Å². The van der Waals surface area contributed by atoms with Crippen LogP contribution in [0.1, 0.15) is 23.3 Å². The van der Waals surface area contributed by atoms with Crippen molar-refractivity contribution in [3.63, 3.8) is 0 Å². The van der Waals surface area contributed by atoms with Gasteiger partial charge in [0.25, 0.3) is 5.91 Å². The molecule has 2 aromatic rings. The first kappa shape index (κ1) is 12.8. The number of rotatable bonds is 1. The number of aromatic nitrogens is 1. The summed E-state index contributed by atoms with van der Waals surface area (Å²) in [5, 5.41) is 1.06. The molecule has 1 aliphatic heterocycles. The van der Waals surface area contributed by atoms with Crippen LogP contribution >= 0.6 is 0 Å². The summed E-state index contributed by atoms with van der Waals surface area (Å²) >= 11 is 0. The van der Waals surface area contributed by atoms with Gasteiger partial charge in [0, 0.05) is 24.5 Å². The lowest BCUT2D eigenvalue weighted by atomic mass is 9.98. The molecule has 3 unspecified atom stereocenters. The highest BCUT2D eigenvalue weighted by molar-refractivity contribution is 5.95. The second-order valence-corrected chi connectivity index (χ2v) is 6.26. The van der Waals surface area contributed by atoms with Crippen LogP contribution in [0.15, 0.2) is 36.4 Å². The van der Waals surface area contributed by atoms with Crippen LogP contribution in [0.5, 0.6) is 0 Å². The molecular formula is C17H19N3O. The molecule has 0 radical (unpaired) electrons. The number of likely N-dealkylation sites (tertiary alicyclic amines) is 1. The van der Waals surface area contributed by atoms with Crippen LogP contribution in [0, 0.1) is 11.8 Å². The molecule has 1 saturated heterocycles. The van der Waals surface area contributed by atoms with Crippen molar-refractivity contribution in [3.05, 3.63) is 42.1 Å². The first-order valence-corrected chi connectivity index (χ1v) is 7.63. The molecule has 4 rings (SSSR count). The largest absolute Gasteiger partial charge is 0.337 e. The predicted molar refractivity (Wildman–Crippen MR) is 81.8 cm³/mol. The van der Waals surface area contributed by atoms with E-state index in [9.17, 15) is 4.79 Å². The Morgan fingerprint density at radius 3 is 2.86 bits per heavy atom. The SMILES string of the molecule is NC1CCC2CN(C(=O)c3ccc4ccccc4n3)CC12. The highest BCUT2D eigenvalue weighted by atomic mass is 16.2. The van der Waals surface area contributed by atoms with Gasteiger partial charge in [0.15, 0.2) is 0 Å².